The van der Waals surface area contributed by atoms with Crippen LogP contribution in [-0.4, -0.2) is 4.98 Å². The molecule has 3 nitrogen and oxygen atoms in total. The minimum Gasteiger partial charge on any atom is -0.397 e. The first-order chi connectivity index (χ1) is 9.13. The Labute approximate surface area is 133 Å². The van der Waals surface area contributed by atoms with Crippen molar-refractivity contribution in [3.8, 4) is 6.07 Å². The summed E-state index contributed by atoms with van der Waals surface area (Å²) in [6, 6.07) is 11.6. The number of rotatable bonds is 2. The van der Waals surface area contributed by atoms with Crippen molar-refractivity contribution in [1.29, 1.82) is 5.26 Å². The molecule has 0 aliphatic rings. The van der Waals surface area contributed by atoms with Gasteiger partial charge in [-0.15, -0.1) is 0 Å². The summed E-state index contributed by atoms with van der Waals surface area (Å²) in [7, 11) is 0. The standard InChI is InChI=1S/C14H9BrIN3/c15-13-4-3-10(16)6-11(13)14(18)12(7-17)9-2-1-5-19-8-9/h1-6,8H,18H2/b14-12-. The molecular formula is C14H9BrIN3. The van der Waals surface area contributed by atoms with Crippen LogP contribution >= 0.6 is 38.5 Å². The number of hydrogen-bond acceptors (Lipinski definition) is 3. The zero-order chi connectivity index (χ0) is 13.8. The van der Waals surface area contributed by atoms with Crippen molar-refractivity contribution < 1.29 is 0 Å². The monoisotopic (exact) mass is 425 g/mol. The summed E-state index contributed by atoms with van der Waals surface area (Å²) in [5, 5.41) is 9.34. The third-order valence-corrected chi connectivity index (χ3v) is 3.91. The average molecular weight is 426 g/mol. The Hall–Kier alpha value is -1.39. The quantitative estimate of drug-likeness (QED) is 0.588. The van der Waals surface area contributed by atoms with E-state index in [-0.39, 0.29) is 0 Å². The molecule has 2 N–H and O–H groups in total. The molecule has 0 atom stereocenters. The van der Waals surface area contributed by atoms with Crippen LogP contribution in [0.15, 0.2) is 47.2 Å². The van der Waals surface area contributed by atoms with E-state index in [9.17, 15) is 5.26 Å². The Morgan fingerprint density at radius 2 is 2.16 bits per heavy atom. The first kappa shape index (κ1) is 14.0. The largest absolute Gasteiger partial charge is 0.397 e. The first-order valence-electron chi connectivity index (χ1n) is 5.39. The van der Waals surface area contributed by atoms with E-state index < -0.39 is 0 Å². The van der Waals surface area contributed by atoms with Gasteiger partial charge in [0.05, 0.1) is 11.3 Å². The highest BCUT2D eigenvalue weighted by molar-refractivity contribution is 14.1. The Balaban J connectivity index is 2.62. The summed E-state index contributed by atoms with van der Waals surface area (Å²) in [6.07, 6.45) is 3.29. The van der Waals surface area contributed by atoms with Crippen molar-refractivity contribution in [2.24, 2.45) is 5.73 Å². The van der Waals surface area contributed by atoms with Crippen molar-refractivity contribution in [2.45, 2.75) is 0 Å². The van der Waals surface area contributed by atoms with E-state index in [1.807, 2.05) is 24.3 Å². The fourth-order valence-electron chi connectivity index (χ4n) is 1.63. The second-order valence-corrected chi connectivity index (χ2v) is 5.87. The van der Waals surface area contributed by atoms with Crippen LogP contribution in [0.25, 0.3) is 11.3 Å². The summed E-state index contributed by atoms with van der Waals surface area (Å²) >= 11 is 5.67. The number of nitrogens with zero attached hydrogens (tertiary/aromatic N) is 2. The number of pyridine rings is 1. The molecule has 5 heteroatoms. The molecule has 1 aromatic heterocycles. The number of halogens is 2. The molecule has 1 aromatic carbocycles. The SMILES string of the molecule is N#C/C(=C(/N)c1cc(I)ccc1Br)c1cccnc1. The van der Waals surface area contributed by atoms with Crippen molar-refractivity contribution in [1.82, 2.24) is 4.98 Å². The minimum absolute atomic E-state index is 0.427. The molecule has 2 rings (SSSR count). The molecule has 94 valence electrons. The average Bonchev–Trinajstić information content (AvgIpc) is 2.43. The number of nitrogens with two attached hydrogens (primary N) is 1. The number of hydrogen-bond donors (Lipinski definition) is 1. The zero-order valence-corrected chi connectivity index (χ0v) is 13.5. The van der Waals surface area contributed by atoms with E-state index in [1.54, 1.807) is 18.5 Å². The Kier molecular flexibility index (Phi) is 4.56. The molecule has 0 aliphatic carbocycles. The minimum atomic E-state index is 0.427. The molecule has 19 heavy (non-hydrogen) atoms. The van der Waals surface area contributed by atoms with E-state index in [0.29, 0.717) is 16.8 Å². The van der Waals surface area contributed by atoms with Gasteiger partial charge in [0.2, 0.25) is 0 Å². The maximum absolute atomic E-state index is 9.34. The second-order valence-electron chi connectivity index (χ2n) is 3.77. The predicted molar refractivity (Wildman–Crippen MR) is 87.7 cm³/mol. The summed E-state index contributed by atoms with van der Waals surface area (Å²) in [6.45, 7) is 0. The summed E-state index contributed by atoms with van der Waals surface area (Å²) < 4.78 is 1.92. The molecule has 0 amide bonds. The number of benzene rings is 1. The molecule has 0 saturated carbocycles. The van der Waals surface area contributed by atoms with Crippen molar-refractivity contribution in [2.75, 3.05) is 0 Å². The lowest BCUT2D eigenvalue weighted by molar-refractivity contribution is 1.31. The maximum atomic E-state index is 9.34. The van der Waals surface area contributed by atoms with Gasteiger partial charge in [-0.2, -0.15) is 5.26 Å². The van der Waals surface area contributed by atoms with Gasteiger partial charge >= 0.3 is 0 Å². The third kappa shape index (κ3) is 3.14. The van der Waals surface area contributed by atoms with Gasteiger partial charge < -0.3 is 5.73 Å². The van der Waals surface area contributed by atoms with E-state index in [4.69, 9.17) is 5.73 Å². The first-order valence-corrected chi connectivity index (χ1v) is 7.26. The number of allylic oxidation sites excluding steroid dienone is 1. The molecule has 0 bridgehead atoms. The highest BCUT2D eigenvalue weighted by Crippen LogP contribution is 2.28. The maximum Gasteiger partial charge on any atom is 0.102 e. The van der Waals surface area contributed by atoms with Crippen LogP contribution < -0.4 is 5.73 Å². The molecule has 0 radical (unpaired) electrons. The summed E-state index contributed by atoms with van der Waals surface area (Å²) in [5.74, 6) is 0. The molecule has 0 unspecified atom stereocenters. The van der Waals surface area contributed by atoms with Crippen LogP contribution in [0.1, 0.15) is 11.1 Å². The van der Waals surface area contributed by atoms with Gasteiger partial charge in [-0.25, -0.2) is 0 Å². The van der Waals surface area contributed by atoms with E-state index in [2.05, 4.69) is 49.6 Å². The van der Waals surface area contributed by atoms with E-state index in [0.717, 1.165) is 13.6 Å². The smallest absolute Gasteiger partial charge is 0.102 e. The Morgan fingerprint density at radius 3 is 2.79 bits per heavy atom. The van der Waals surface area contributed by atoms with Crippen LogP contribution in [0.4, 0.5) is 0 Å². The zero-order valence-electron chi connectivity index (χ0n) is 9.77. The van der Waals surface area contributed by atoms with Gasteiger partial charge in [0.15, 0.2) is 0 Å². The van der Waals surface area contributed by atoms with Crippen molar-refractivity contribution in [3.63, 3.8) is 0 Å². The summed E-state index contributed by atoms with van der Waals surface area (Å²) in [4.78, 5) is 4.02. The summed E-state index contributed by atoms with van der Waals surface area (Å²) in [5.41, 5.74) is 8.55. The molecule has 0 spiro atoms. The van der Waals surface area contributed by atoms with Gasteiger partial charge in [-0.1, -0.05) is 22.0 Å². The second kappa shape index (κ2) is 6.17. The van der Waals surface area contributed by atoms with Gasteiger partial charge in [0.1, 0.15) is 6.07 Å². The Bertz CT molecular complexity index is 675. The van der Waals surface area contributed by atoms with Crippen molar-refractivity contribution in [3.05, 3.63) is 61.9 Å². The molecule has 0 saturated heterocycles. The van der Waals surface area contributed by atoms with Gasteiger partial charge in [0.25, 0.3) is 0 Å². The highest BCUT2D eigenvalue weighted by Gasteiger charge is 2.11. The normalized spacial score (nSPS) is 11.6. The third-order valence-electron chi connectivity index (χ3n) is 2.55. The molecular weight excluding hydrogens is 417 g/mol. The lowest BCUT2D eigenvalue weighted by Gasteiger charge is -2.08. The van der Waals surface area contributed by atoms with Gasteiger partial charge in [-0.3, -0.25) is 4.98 Å². The van der Waals surface area contributed by atoms with Crippen LogP contribution in [-0.2, 0) is 0 Å². The van der Waals surface area contributed by atoms with E-state index in [1.165, 1.54) is 0 Å². The predicted octanol–water partition coefficient (Wildman–Crippen LogP) is 3.80. The lowest BCUT2D eigenvalue weighted by Crippen LogP contribution is -2.02. The Morgan fingerprint density at radius 1 is 1.37 bits per heavy atom. The fraction of sp³-hybridized carbons (Fsp3) is 0. The molecule has 0 fully saturated rings. The highest BCUT2D eigenvalue weighted by atomic mass is 127. The van der Waals surface area contributed by atoms with Crippen LogP contribution in [0.3, 0.4) is 0 Å². The molecule has 2 aromatic rings. The van der Waals surface area contributed by atoms with Gasteiger partial charge in [-0.05, 0) is 46.9 Å². The topological polar surface area (TPSA) is 62.7 Å². The van der Waals surface area contributed by atoms with Crippen LogP contribution in [0.5, 0.6) is 0 Å². The molecule has 0 aliphatic heterocycles. The number of nitriles is 1. The molecule has 1 heterocycles. The van der Waals surface area contributed by atoms with Gasteiger partial charge in [0, 0.05) is 31.6 Å². The fourth-order valence-corrected chi connectivity index (χ4v) is 2.58. The van der Waals surface area contributed by atoms with Crippen LogP contribution in [0.2, 0.25) is 0 Å². The lowest BCUT2D eigenvalue weighted by atomic mass is 10.0. The number of aromatic nitrogens is 1. The van der Waals surface area contributed by atoms with E-state index >= 15 is 0 Å². The van der Waals surface area contributed by atoms with Crippen LogP contribution in [0, 0.1) is 14.9 Å². The van der Waals surface area contributed by atoms with Crippen molar-refractivity contribution >= 4 is 49.8 Å².